The Balaban J connectivity index is 2.61. The van der Waals surface area contributed by atoms with E-state index in [1.807, 2.05) is 6.07 Å². The van der Waals surface area contributed by atoms with Crippen LogP contribution in [0, 0.1) is 0 Å². The molecule has 0 N–H and O–H groups in total. The van der Waals surface area contributed by atoms with E-state index in [0.717, 1.165) is 5.56 Å². The molecule has 0 aliphatic rings. The molecule has 106 valence electrons. The van der Waals surface area contributed by atoms with E-state index in [4.69, 9.17) is 18.9 Å². The van der Waals surface area contributed by atoms with E-state index in [0.29, 0.717) is 29.0 Å². The molecular formula is C14H16N2O4. The lowest BCUT2D eigenvalue weighted by atomic mass is 10.1. The Morgan fingerprint density at radius 1 is 0.800 bits per heavy atom. The highest BCUT2D eigenvalue weighted by Crippen LogP contribution is 2.43. The molecule has 2 rings (SSSR count). The lowest BCUT2D eigenvalue weighted by Crippen LogP contribution is -1.98. The maximum Gasteiger partial charge on any atom is 0.316 e. The topological polar surface area (TPSA) is 62.7 Å². The van der Waals surface area contributed by atoms with Crippen LogP contribution in [0.25, 0.3) is 11.3 Å². The predicted octanol–water partition coefficient (Wildman–Crippen LogP) is 2.18. The van der Waals surface area contributed by atoms with Crippen LogP contribution in [0.4, 0.5) is 0 Å². The third kappa shape index (κ3) is 2.45. The first kappa shape index (κ1) is 13.9. The Kier molecular flexibility index (Phi) is 4.24. The summed E-state index contributed by atoms with van der Waals surface area (Å²) in [7, 11) is 6.22. The number of ether oxygens (including phenoxy) is 4. The molecule has 0 saturated heterocycles. The summed E-state index contributed by atoms with van der Waals surface area (Å²) in [5, 5.41) is 0. The second kappa shape index (κ2) is 6.10. The molecule has 20 heavy (non-hydrogen) atoms. The van der Waals surface area contributed by atoms with Crippen LogP contribution in [0.3, 0.4) is 0 Å². The molecule has 0 fully saturated rings. The SMILES string of the molecule is COc1nccc(-c2ccc(OC)c(OC)c2OC)n1. The Hall–Kier alpha value is -2.50. The van der Waals surface area contributed by atoms with Gasteiger partial charge in [-0.25, -0.2) is 4.98 Å². The fourth-order valence-corrected chi connectivity index (χ4v) is 1.89. The molecule has 0 amide bonds. The number of benzene rings is 1. The minimum Gasteiger partial charge on any atom is -0.493 e. The Labute approximate surface area is 117 Å². The number of aromatic nitrogens is 2. The van der Waals surface area contributed by atoms with Gasteiger partial charge in [-0.3, -0.25) is 0 Å². The van der Waals surface area contributed by atoms with E-state index >= 15 is 0 Å². The van der Waals surface area contributed by atoms with Crippen LogP contribution in [0.2, 0.25) is 0 Å². The molecular weight excluding hydrogens is 260 g/mol. The minimum absolute atomic E-state index is 0.291. The van der Waals surface area contributed by atoms with Gasteiger partial charge in [0.1, 0.15) is 0 Å². The van der Waals surface area contributed by atoms with Gasteiger partial charge in [0.2, 0.25) is 5.75 Å². The molecule has 0 radical (unpaired) electrons. The average Bonchev–Trinajstić information content (AvgIpc) is 2.53. The van der Waals surface area contributed by atoms with Gasteiger partial charge in [-0.2, -0.15) is 4.98 Å². The molecule has 0 bridgehead atoms. The van der Waals surface area contributed by atoms with Gasteiger partial charge in [-0.1, -0.05) is 0 Å². The lowest BCUT2D eigenvalue weighted by Gasteiger charge is -2.15. The second-order valence-electron chi connectivity index (χ2n) is 3.81. The Bertz CT molecular complexity index is 602. The largest absolute Gasteiger partial charge is 0.493 e. The normalized spacial score (nSPS) is 10.0. The standard InChI is InChI=1S/C14H16N2O4/c1-17-11-6-5-9(12(18-2)13(11)19-3)10-7-8-15-14(16-10)20-4/h5-8H,1-4H3. The van der Waals surface area contributed by atoms with Gasteiger partial charge < -0.3 is 18.9 Å². The van der Waals surface area contributed by atoms with Gasteiger partial charge >= 0.3 is 6.01 Å². The fraction of sp³-hybridized carbons (Fsp3) is 0.286. The van der Waals surface area contributed by atoms with Crippen LogP contribution in [0.5, 0.6) is 23.3 Å². The van der Waals surface area contributed by atoms with E-state index in [-0.39, 0.29) is 0 Å². The van der Waals surface area contributed by atoms with Gasteiger partial charge in [0.25, 0.3) is 0 Å². The highest BCUT2D eigenvalue weighted by molar-refractivity contribution is 5.74. The van der Waals surface area contributed by atoms with E-state index in [2.05, 4.69) is 9.97 Å². The first-order valence-electron chi connectivity index (χ1n) is 5.91. The van der Waals surface area contributed by atoms with Crippen molar-refractivity contribution in [3.8, 4) is 34.5 Å². The molecule has 1 heterocycles. The maximum atomic E-state index is 5.43. The van der Waals surface area contributed by atoms with Crippen molar-refractivity contribution in [1.82, 2.24) is 9.97 Å². The Morgan fingerprint density at radius 3 is 2.15 bits per heavy atom. The van der Waals surface area contributed by atoms with Crippen molar-refractivity contribution < 1.29 is 18.9 Å². The van der Waals surface area contributed by atoms with Crippen molar-refractivity contribution in [2.24, 2.45) is 0 Å². The van der Waals surface area contributed by atoms with Crippen LogP contribution in [0.15, 0.2) is 24.4 Å². The molecule has 0 spiro atoms. The smallest absolute Gasteiger partial charge is 0.316 e. The molecule has 6 nitrogen and oxygen atoms in total. The van der Waals surface area contributed by atoms with E-state index in [9.17, 15) is 0 Å². The molecule has 0 aliphatic carbocycles. The minimum atomic E-state index is 0.291. The summed E-state index contributed by atoms with van der Waals surface area (Å²) in [6.07, 6.45) is 1.62. The quantitative estimate of drug-likeness (QED) is 0.834. The van der Waals surface area contributed by atoms with Crippen LogP contribution < -0.4 is 18.9 Å². The van der Waals surface area contributed by atoms with Crippen LogP contribution >= 0.6 is 0 Å². The summed E-state index contributed by atoms with van der Waals surface area (Å²) in [6, 6.07) is 5.71. The zero-order valence-electron chi connectivity index (χ0n) is 11.8. The van der Waals surface area contributed by atoms with Crippen molar-refractivity contribution >= 4 is 0 Å². The first-order valence-corrected chi connectivity index (χ1v) is 5.91. The molecule has 1 aromatic carbocycles. The molecule has 0 aliphatic heterocycles. The number of hydrogen-bond acceptors (Lipinski definition) is 6. The van der Waals surface area contributed by atoms with Gasteiger partial charge in [-0.15, -0.1) is 0 Å². The van der Waals surface area contributed by atoms with E-state index < -0.39 is 0 Å². The third-order valence-electron chi connectivity index (χ3n) is 2.80. The lowest BCUT2D eigenvalue weighted by molar-refractivity contribution is 0.325. The van der Waals surface area contributed by atoms with Crippen molar-refractivity contribution in [1.29, 1.82) is 0 Å². The molecule has 0 atom stereocenters. The number of methoxy groups -OCH3 is 4. The average molecular weight is 276 g/mol. The highest BCUT2D eigenvalue weighted by Gasteiger charge is 2.18. The van der Waals surface area contributed by atoms with Crippen molar-refractivity contribution in [3.05, 3.63) is 24.4 Å². The zero-order chi connectivity index (χ0) is 14.5. The van der Waals surface area contributed by atoms with Gasteiger partial charge in [0.15, 0.2) is 11.5 Å². The van der Waals surface area contributed by atoms with Gasteiger partial charge in [0, 0.05) is 11.8 Å². The highest BCUT2D eigenvalue weighted by atomic mass is 16.5. The Morgan fingerprint density at radius 2 is 1.55 bits per heavy atom. The van der Waals surface area contributed by atoms with Crippen molar-refractivity contribution in [2.75, 3.05) is 28.4 Å². The van der Waals surface area contributed by atoms with Crippen molar-refractivity contribution in [2.45, 2.75) is 0 Å². The molecule has 2 aromatic rings. The monoisotopic (exact) mass is 276 g/mol. The van der Waals surface area contributed by atoms with Gasteiger partial charge in [0.05, 0.1) is 34.1 Å². The van der Waals surface area contributed by atoms with Crippen LogP contribution in [-0.4, -0.2) is 38.4 Å². The summed E-state index contributed by atoms with van der Waals surface area (Å²) >= 11 is 0. The number of nitrogens with zero attached hydrogens (tertiary/aromatic N) is 2. The van der Waals surface area contributed by atoms with E-state index in [1.54, 1.807) is 39.7 Å². The number of hydrogen-bond donors (Lipinski definition) is 0. The summed E-state index contributed by atoms with van der Waals surface area (Å²) < 4.78 is 21.1. The van der Waals surface area contributed by atoms with Crippen molar-refractivity contribution in [3.63, 3.8) is 0 Å². The van der Waals surface area contributed by atoms with Crippen LogP contribution in [0.1, 0.15) is 0 Å². The second-order valence-corrected chi connectivity index (χ2v) is 3.81. The summed E-state index contributed by atoms with van der Waals surface area (Å²) in [5.41, 5.74) is 1.44. The summed E-state index contributed by atoms with van der Waals surface area (Å²) in [6.45, 7) is 0. The molecule has 0 unspecified atom stereocenters. The van der Waals surface area contributed by atoms with Gasteiger partial charge in [-0.05, 0) is 18.2 Å². The first-order chi connectivity index (χ1) is 9.74. The number of rotatable bonds is 5. The maximum absolute atomic E-state index is 5.43. The summed E-state index contributed by atoms with van der Waals surface area (Å²) in [4.78, 5) is 8.28. The summed E-state index contributed by atoms with van der Waals surface area (Å²) in [5.74, 6) is 1.66. The predicted molar refractivity (Wildman–Crippen MR) is 73.7 cm³/mol. The molecule has 0 saturated carbocycles. The van der Waals surface area contributed by atoms with E-state index in [1.165, 1.54) is 7.11 Å². The molecule has 6 heteroatoms. The third-order valence-corrected chi connectivity index (χ3v) is 2.80. The zero-order valence-corrected chi connectivity index (χ0v) is 11.8. The fourth-order valence-electron chi connectivity index (χ4n) is 1.89. The molecule has 1 aromatic heterocycles. The van der Waals surface area contributed by atoms with Crippen LogP contribution in [-0.2, 0) is 0 Å².